The largest absolute Gasteiger partial charge is 0.508 e. The lowest BCUT2D eigenvalue weighted by Gasteiger charge is -2.27. The van der Waals surface area contributed by atoms with Crippen molar-refractivity contribution in [1.82, 2.24) is 9.80 Å². The number of nitrogens with zero attached hydrogens (tertiary/aromatic N) is 2. The summed E-state index contributed by atoms with van der Waals surface area (Å²) in [7, 11) is 0. The number of ketones is 1. The van der Waals surface area contributed by atoms with Gasteiger partial charge in [-0.2, -0.15) is 0 Å². The number of hydrogen-bond donors (Lipinski definition) is 2. The van der Waals surface area contributed by atoms with Gasteiger partial charge in [0, 0.05) is 18.5 Å². The highest BCUT2D eigenvalue weighted by molar-refractivity contribution is 6.46. The van der Waals surface area contributed by atoms with Crippen LogP contribution < -0.4 is 4.74 Å². The first kappa shape index (κ1) is 23.8. The quantitative estimate of drug-likeness (QED) is 0.350. The van der Waals surface area contributed by atoms with Crippen LogP contribution in [-0.4, -0.2) is 64.0 Å². The summed E-state index contributed by atoms with van der Waals surface area (Å²) in [5.74, 6) is -0.744. The van der Waals surface area contributed by atoms with Crippen molar-refractivity contribution < 1.29 is 24.5 Å². The number of likely N-dealkylation sites (tertiary alicyclic amines) is 1. The Hall–Kier alpha value is -3.32. The van der Waals surface area contributed by atoms with Crippen molar-refractivity contribution in [1.29, 1.82) is 0 Å². The van der Waals surface area contributed by atoms with Crippen LogP contribution >= 0.6 is 0 Å². The van der Waals surface area contributed by atoms with Gasteiger partial charge in [0.15, 0.2) is 0 Å². The first-order valence-corrected chi connectivity index (χ1v) is 11.9. The molecular weight excluding hydrogens is 432 g/mol. The monoisotopic (exact) mass is 464 g/mol. The summed E-state index contributed by atoms with van der Waals surface area (Å²) in [4.78, 5) is 30.1. The maximum Gasteiger partial charge on any atom is 0.295 e. The minimum absolute atomic E-state index is 0.0369. The van der Waals surface area contributed by atoms with Gasteiger partial charge in [-0.05, 0) is 74.4 Å². The van der Waals surface area contributed by atoms with Gasteiger partial charge in [0.25, 0.3) is 11.7 Å². The van der Waals surface area contributed by atoms with E-state index in [0.29, 0.717) is 30.5 Å². The van der Waals surface area contributed by atoms with Crippen LogP contribution in [0.25, 0.3) is 5.76 Å². The molecule has 2 N–H and O–H groups in total. The number of phenolic OH excluding ortho intramolecular Hbond substituents is 1. The molecule has 0 aliphatic carbocycles. The van der Waals surface area contributed by atoms with E-state index in [4.69, 9.17) is 4.74 Å². The molecule has 0 saturated carbocycles. The highest BCUT2D eigenvalue weighted by Crippen LogP contribution is 2.41. The van der Waals surface area contributed by atoms with Crippen LogP contribution in [0.2, 0.25) is 0 Å². The molecular formula is C27H32N2O5. The van der Waals surface area contributed by atoms with Crippen molar-refractivity contribution >= 4 is 17.4 Å². The second-order valence-electron chi connectivity index (χ2n) is 8.92. The Kier molecular flexibility index (Phi) is 6.93. The summed E-state index contributed by atoms with van der Waals surface area (Å²) in [5.41, 5.74) is 2.06. The molecule has 34 heavy (non-hydrogen) atoms. The Morgan fingerprint density at radius 1 is 1.15 bits per heavy atom. The van der Waals surface area contributed by atoms with Crippen LogP contribution in [0, 0.1) is 0 Å². The molecule has 4 rings (SSSR count). The van der Waals surface area contributed by atoms with Crippen molar-refractivity contribution in [3.05, 3.63) is 64.7 Å². The molecule has 0 radical (unpaired) electrons. The van der Waals surface area contributed by atoms with Crippen molar-refractivity contribution in [3.63, 3.8) is 0 Å². The van der Waals surface area contributed by atoms with E-state index in [1.54, 1.807) is 30.3 Å². The topological polar surface area (TPSA) is 90.3 Å². The molecule has 0 spiro atoms. The van der Waals surface area contributed by atoms with Gasteiger partial charge in [-0.15, -0.1) is 0 Å². The third kappa shape index (κ3) is 4.53. The number of hydrogen-bond acceptors (Lipinski definition) is 6. The average molecular weight is 465 g/mol. The van der Waals surface area contributed by atoms with Crippen molar-refractivity contribution in [2.45, 2.75) is 45.8 Å². The molecule has 1 amide bonds. The van der Waals surface area contributed by atoms with E-state index in [0.717, 1.165) is 30.9 Å². The van der Waals surface area contributed by atoms with E-state index in [1.807, 2.05) is 13.0 Å². The Morgan fingerprint density at radius 3 is 2.62 bits per heavy atom. The van der Waals surface area contributed by atoms with Crippen LogP contribution in [0.4, 0.5) is 0 Å². The molecule has 0 aromatic heterocycles. The number of phenols is 1. The van der Waals surface area contributed by atoms with E-state index >= 15 is 0 Å². The molecule has 2 aliphatic rings. The van der Waals surface area contributed by atoms with E-state index < -0.39 is 17.7 Å². The van der Waals surface area contributed by atoms with Gasteiger partial charge in [-0.25, -0.2) is 0 Å². The van der Waals surface area contributed by atoms with Gasteiger partial charge in [0.2, 0.25) is 0 Å². The first-order chi connectivity index (χ1) is 16.3. The number of fused-ring (bicyclic) bond motifs is 1. The molecule has 2 aliphatic heterocycles. The number of aliphatic hydroxyl groups excluding tert-OH is 1. The molecule has 2 heterocycles. The molecule has 0 bridgehead atoms. The summed E-state index contributed by atoms with van der Waals surface area (Å²) < 4.78 is 5.75. The molecule has 1 fully saturated rings. The standard InChI is InChI=1S/C27H32N2O5/c1-4-28(5-2)12-7-13-29-24(18-8-6-9-21(30)16-18)23(26(32)27(29)33)25(31)19-10-11-22-20(15-19)14-17(3)34-22/h6,8-11,15-17,24,30-31H,4-5,7,12-14H2,1-3H3/b25-23-. The lowest BCUT2D eigenvalue weighted by Crippen LogP contribution is -2.33. The van der Waals surface area contributed by atoms with E-state index in [9.17, 15) is 19.8 Å². The highest BCUT2D eigenvalue weighted by Gasteiger charge is 2.46. The fourth-order valence-corrected chi connectivity index (χ4v) is 4.88. The highest BCUT2D eigenvalue weighted by atomic mass is 16.5. The number of rotatable bonds is 8. The molecule has 7 nitrogen and oxygen atoms in total. The number of aromatic hydroxyl groups is 1. The second kappa shape index (κ2) is 9.89. The van der Waals surface area contributed by atoms with E-state index in [-0.39, 0.29) is 23.2 Å². The Bertz CT molecular complexity index is 1120. The maximum absolute atomic E-state index is 13.2. The fourth-order valence-electron chi connectivity index (χ4n) is 4.88. The van der Waals surface area contributed by atoms with Gasteiger partial charge < -0.3 is 24.7 Å². The zero-order valence-corrected chi connectivity index (χ0v) is 20.0. The van der Waals surface area contributed by atoms with E-state index in [2.05, 4.69) is 18.7 Å². The molecule has 7 heteroatoms. The first-order valence-electron chi connectivity index (χ1n) is 11.9. The van der Waals surface area contributed by atoms with E-state index in [1.165, 1.54) is 11.0 Å². The predicted octanol–water partition coefficient (Wildman–Crippen LogP) is 3.87. The minimum atomic E-state index is -0.771. The molecule has 2 atom stereocenters. The lowest BCUT2D eigenvalue weighted by atomic mass is 9.94. The Balaban J connectivity index is 1.73. The fraction of sp³-hybridized carbons (Fsp3) is 0.407. The normalized spacial score (nSPS) is 21.2. The molecule has 2 aromatic rings. The zero-order chi connectivity index (χ0) is 24.4. The maximum atomic E-state index is 13.2. The third-order valence-electron chi connectivity index (χ3n) is 6.66. The van der Waals surface area contributed by atoms with Gasteiger partial charge in [0.1, 0.15) is 23.4 Å². The number of benzene rings is 2. The minimum Gasteiger partial charge on any atom is -0.508 e. The third-order valence-corrected chi connectivity index (χ3v) is 6.66. The predicted molar refractivity (Wildman–Crippen MR) is 130 cm³/mol. The summed E-state index contributed by atoms with van der Waals surface area (Å²) in [6.45, 7) is 9.14. The summed E-state index contributed by atoms with van der Waals surface area (Å²) in [6, 6.07) is 11.1. The van der Waals surface area contributed by atoms with Crippen molar-refractivity contribution in [2.75, 3.05) is 26.2 Å². The summed E-state index contributed by atoms with van der Waals surface area (Å²) in [6.07, 6.45) is 1.46. The Labute approximate surface area is 200 Å². The Morgan fingerprint density at radius 2 is 1.91 bits per heavy atom. The van der Waals surface area contributed by atoms with Crippen LogP contribution in [-0.2, 0) is 16.0 Å². The molecule has 2 unspecified atom stereocenters. The van der Waals surface area contributed by atoms with Crippen LogP contribution in [0.15, 0.2) is 48.0 Å². The second-order valence-corrected chi connectivity index (χ2v) is 8.92. The number of ether oxygens (including phenoxy) is 1. The number of carbonyl (C=O) groups is 2. The molecule has 2 aromatic carbocycles. The van der Waals surface area contributed by atoms with Crippen LogP contribution in [0.1, 0.15) is 49.9 Å². The summed E-state index contributed by atoms with van der Waals surface area (Å²) >= 11 is 0. The van der Waals surface area contributed by atoms with Crippen LogP contribution in [0.5, 0.6) is 11.5 Å². The van der Waals surface area contributed by atoms with Crippen molar-refractivity contribution in [2.24, 2.45) is 0 Å². The smallest absolute Gasteiger partial charge is 0.295 e. The van der Waals surface area contributed by atoms with Crippen LogP contribution in [0.3, 0.4) is 0 Å². The lowest BCUT2D eigenvalue weighted by molar-refractivity contribution is -0.140. The number of aliphatic hydroxyl groups is 1. The van der Waals surface area contributed by atoms with Gasteiger partial charge in [0.05, 0.1) is 11.6 Å². The zero-order valence-electron chi connectivity index (χ0n) is 20.0. The summed E-state index contributed by atoms with van der Waals surface area (Å²) in [5, 5.41) is 21.4. The number of amides is 1. The number of Topliss-reactive ketones (excluding diaryl/α,β-unsaturated/α-hetero) is 1. The van der Waals surface area contributed by atoms with Gasteiger partial charge in [-0.3, -0.25) is 9.59 Å². The van der Waals surface area contributed by atoms with Gasteiger partial charge >= 0.3 is 0 Å². The number of carbonyl (C=O) groups excluding carboxylic acids is 2. The average Bonchev–Trinajstić information content (AvgIpc) is 3.32. The molecule has 180 valence electrons. The van der Waals surface area contributed by atoms with Crippen molar-refractivity contribution in [3.8, 4) is 11.5 Å². The van der Waals surface area contributed by atoms with Gasteiger partial charge in [-0.1, -0.05) is 26.0 Å². The SMILES string of the molecule is CCN(CC)CCCN1C(=O)C(=O)/C(=C(\O)c2ccc3c(c2)CC(C)O3)C1c1cccc(O)c1. The molecule has 1 saturated heterocycles.